The van der Waals surface area contributed by atoms with Gasteiger partial charge >= 0.3 is 0 Å². The summed E-state index contributed by atoms with van der Waals surface area (Å²) in [5.74, 6) is 0.565. The quantitative estimate of drug-likeness (QED) is 0.607. The zero-order valence-electron chi connectivity index (χ0n) is 14.8. The lowest BCUT2D eigenvalue weighted by molar-refractivity contribution is -0.118. The smallest absolute Gasteiger partial charge is 0.264 e. The number of thiazole rings is 1. The fourth-order valence-corrected chi connectivity index (χ4v) is 2.98. The van der Waals surface area contributed by atoms with Gasteiger partial charge in [-0.3, -0.25) is 10.1 Å². The second-order valence-corrected chi connectivity index (χ2v) is 6.56. The minimum atomic E-state index is -0.355. The Balaban J connectivity index is 1.54. The molecule has 0 bridgehead atoms. The van der Waals surface area contributed by atoms with Crippen molar-refractivity contribution < 1.29 is 18.7 Å². The Morgan fingerprint density at radius 1 is 1.07 bits per heavy atom. The molecule has 0 saturated heterocycles. The van der Waals surface area contributed by atoms with Gasteiger partial charge in [-0.25, -0.2) is 9.37 Å². The van der Waals surface area contributed by atoms with E-state index in [1.165, 1.54) is 35.6 Å². The second kappa shape index (κ2) is 9.14. The van der Waals surface area contributed by atoms with Crippen molar-refractivity contribution in [2.75, 3.05) is 18.5 Å². The topological polar surface area (TPSA) is 60.5 Å². The van der Waals surface area contributed by atoms with Crippen LogP contribution in [0.4, 0.5) is 9.52 Å². The Bertz CT molecular complexity index is 879. The Labute approximate surface area is 160 Å². The van der Waals surface area contributed by atoms with Gasteiger partial charge in [0.05, 0.1) is 12.3 Å². The van der Waals surface area contributed by atoms with Crippen LogP contribution in [0.25, 0.3) is 11.3 Å². The van der Waals surface area contributed by atoms with Crippen molar-refractivity contribution in [2.45, 2.75) is 13.3 Å². The van der Waals surface area contributed by atoms with Crippen molar-refractivity contribution >= 4 is 22.4 Å². The summed E-state index contributed by atoms with van der Waals surface area (Å²) in [5.41, 5.74) is 1.72. The van der Waals surface area contributed by atoms with E-state index in [0.29, 0.717) is 17.5 Å². The van der Waals surface area contributed by atoms with Crippen LogP contribution in [0.15, 0.2) is 53.9 Å². The molecule has 3 aromatic rings. The molecule has 2 aromatic carbocycles. The lowest BCUT2D eigenvalue weighted by atomic mass is 10.2. The van der Waals surface area contributed by atoms with Gasteiger partial charge in [0.1, 0.15) is 17.3 Å². The van der Waals surface area contributed by atoms with Crippen LogP contribution in [-0.4, -0.2) is 24.1 Å². The van der Waals surface area contributed by atoms with Crippen LogP contribution in [-0.2, 0) is 4.79 Å². The van der Waals surface area contributed by atoms with Crippen molar-refractivity contribution in [2.24, 2.45) is 0 Å². The molecule has 1 amide bonds. The minimum absolute atomic E-state index is 0.177. The number of carbonyl (C=O) groups excluding carboxylic acids is 1. The molecule has 0 unspecified atom stereocenters. The van der Waals surface area contributed by atoms with E-state index < -0.39 is 0 Å². The predicted molar refractivity (Wildman–Crippen MR) is 104 cm³/mol. The van der Waals surface area contributed by atoms with Crippen LogP contribution in [0.1, 0.15) is 13.3 Å². The highest BCUT2D eigenvalue weighted by Gasteiger charge is 2.09. The number of nitrogens with zero attached hydrogens (tertiary/aromatic N) is 1. The van der Waals surface area contributed by atoms with Crippen molar-refractivity contribution in [1.82, 2.24) is 4.98 Å². The third-order valence-corrected chi connectivity index (χ3v) is 4.31. The summed E-state index contributed by atoms with van der Waals surface area (Å²) in [5, 5.41) is 5.06. The fourth-order valence-electron chi connectivity index (χ4n) is 2.24. The number of nitrogens with one attached hydrogen (secondary N) is 1. The molecule has 7 heteroatoms. The van der Waals surface area contributed by atoms with Crippen molar-refractivity contribution in [3.8, 4) is 22.8 Å². The van der Waals surface area contributed by atoms with E-state index >= 15 is 0 Å². The predicted octanol–water partition coefficient (Wildman–Crippen LogP) is 4.76. The molecule has 1 heterocycles. The summed E-state index contributed by atoms with van der Waals surface area (Å²) in [6, 6.07) is 13.2. The number of carbonyl (C=O) groups is 1. The van der Waals surface area contributed by atoms with Crippen molar-refractivity contribution in [3.05, 3.63) is 59.7 Å². The molecule has 0 aliphatic heterocycles. The molecule has 0 spiro atoms. The van der Waals surface area contributed by atoms with Crippen LogP contribution in [0.5, 0.6) is 11.5 Å². The number of anilines is 1. The molecule has 5 nitrogen and oxygen atoms in total. The molecule has 27 heavy (non-hydrogen) atoms. The summed E-state index contributed by atoms with van der Waals surface area (Å²) >= 11 is 1.33. The molecular weight excluding hydrogens is 367 g/mol. The number of hydrogen-bond donors (Lipinski definition) is 1. The van der Waals surface area contributed by atoms with E-state index in [1.807, 2.05) is 29.6 Å². The van der Waals surface area contributed by atoms with Crippen molar-refractivity contribution in [3.63, 3.8) is 0 Å². The highest BCUT2D eigenvalue weighted by molar-refractivity contribution is 7.14. The summed E-state index contributed by atoms with van der Waals surface area (Å²) < 4.78 is 23.7. The number of hydrogen-bond acceptors (Lipinski definition) is 5. The Kier molecular flexibility index (Phi) is 6.38. The number of aromatic nitrogens is 1. The second-order valence-electron chi connectivity index (χ2n) is 5.70. The maximum absolute atomic E-state index is 12.8. The SMILES string of the molecule is CCCOc1ccc(-c2csc(NC(=O)COc3ccc(F)cc3)n2)cc1. The van der Waals surface area contributed by atoms with Gasteiger partial charge < -0.3 is 9.47 Å². The summed E-state index contributed by atoms with van der Waals surface area (Å²) in [6.45, 7) is 2.57. The monoisotopic (exact) mass is 386 g/mol. The molecule has 0 aliphatic carbocycles. The molecule has 1 aromatic heterocycles. The first-order chi connectivity index (χ1) is 13.1. The van der Waals surface area contributed by atoms with Gasteiger partial charge in [0.2, 0.25) is 0 Å². The zero-order valence-corrected chi connectivity index (χ0v) is 15.6. The van der Waals surface area contributed by atoms with E-state index in [2.05, 4.69) is 17.2 Å². The number of halogens is 1. The summed E-state index contributed by atoms with van der Waals surface area (Å²) in [4.78, 5) is 16.4. The first-order valence-electron chi connectivity index (χ1n) is 8.51. The van der Waals surface area contributed by atoms with Crippen molar-refractivity contribution in [1.29, 1.82) is 0 Å². The Hall–Kier alpha value is -2.93. The van der Waals surface area contributed by atoms with Crippen LogP contribution >= 0.6 is 11.3 Å². The van der Waals surface area contributed by atoms with Gasteiger partial charge in [-0.1, -0.05) is 6.92 Å². The normalized spacial score (nSPS) is 10.4. The molecule has 0 aliphatic rings. The third-order valence-electron chi connectivity index (χ3n) is 3.56. The zero-order chi connectivity index (χ0) is 19.1. The molecular formula is C20H19FN2O3S. The van der Waals surface area contributed by atoms with E-state index in [1.54, 1.807) is 0 Å². The molecule has 0 radical (unpaired) electrons. The van der Waals surface area contributed by atoms with E-state index in [-0.39, 0.29) is 18.3 Å². The Morgan fingerprint density at radius 2 is 1.74 bits per heavy atom. The van der Waals surface area contributed by atoms with E-state index in [9.17, 15) is 9.18 Å². The van der Waals surface area contributed by atoms with Gasteiger partial charge in [0.15, 0.2) is 11.7 Å². The molecule has 3 rings (SSSR count). The number of ether oxygens (including phenoxy) is 2. The van der Waals surface area contributed by atoms with Crippen LogP contribution < -0.4 is 14.8 Å². The van der Waals surface area contributed by atoms with E-state index in [4.69, 9.17) is 9.47 Å². The lowest BCUT2D eigenvalue weighted by Crippen LogP contribution is -2.20. The number of amides is 1. The van der Waals surface area contributed by atoms with Gasteiger partial charge in [-0.05, 0) is 55.0 Å². The van der Waals surface area contributed by atoms with Crippen LogP contribution in [0.3, 0.4) is 0 Å². The van der Waals surface area contributed by atoms with E-state index in [0.717, 1.165) is 23.4 Å². The highest BCUT2D eigenvalue weighted by Crippen LogP contribution is 2.26. The van der Waals surface area contributed by atoms with Gasteiger partial charge in [-0.15, -0.1) is 11.3 Å². The third kappa shape index (κ3) is 5.52. The average Bonchev–Trinajstić information content (AvgIpc) is 3.14. The highest BCUT2D eigenvalue weighted by atomic mass is 32.1. The number of rotatable bonds is 8. The van der Waals surface area contributed by atoms with Crippen LogP contribution in [0, 0.1) is 5.82 Å². The van der Waals surface area contributed by atoms with Crippen LogP contribution in [0.2, 0.25) is 0 Å². The molecule has 0 fully saturated rings. The first-order valence-corrected chi connectivity index (χ1v) is 9.39. The Morgan fingerprint density at radius 3 is 2.44 bits per heavy atom. The summed E-state index contributed by atoms with van der Waals surface area (Å²) in [6.07, 6.45) is 0.960. The molecule has 1 N–H and O–H groups in total. The molecule has 0 atom stereocenters. The minimum Gasteiger partial charge on any atom is -0.494 e. The largest absolute Gasteiger partial charge is 0.494 e. The maximum Gasteiger partial charge on any atom is 0.264 e. The first kappa shape index (κ1) is 18.8. The van der Waals surface area contributed by atoms with Gasteiger partial charge in [-0.2, -0.15) is 0 Å². The maximum atomic E-state index is 12.8. The average molecular weight is 386 g/mol. The summed E-state index contributed by atoms with van der Waals surface area (Å²) in [7, 11) is 0. The fraction of sp³-hybridized carbons (Fsp3) is 0.200. The lowest BCUT2D eigenvalue weighted by Gasteiger charge is -2.05. The number of benzene rings is 2. The van der Waals surface area contributed by atoms with Gasteiger partial charge in [0.25, 0.3) is 5.91 Å². The molecule has 140 valence electrons. The molecule has 0 saturated carbocycles. The van der Waals surface area contributed by atoms with Gasteiger partial charge in [0, 0.05) is 10.9 Å². The standard InChI is InChI=1S/C20H19FN2O3S/c1-2-11-25-16-7-3-14(4-8-16)18-13-27-20(22-18)23-19(24)12-26-17-9-5-15(21)6-10-17/h3-10,13H,2,11-12H2,1H3,(H,22,23,24).